The molecule has 4 nitrogen and oxygen atoms in total. The van der Waals surface area contributed by atoms with Crippen molar-refractivity contribution >= 4 is 29.0 Å². The van der Waals surface area contributed by atoms with Crippen LogP contribution in [0.5, 0.6) is 0 Å². The molecule has 96 valence electrons. The van der Waals surface area contributed by atoms with E-state index in [0.29, 0.717) is 10.8 Å². The lowest BCUT2D eigenvalue weighted by atomic mass is 10.3. The van der Waals surface area contributed by atoms with Gasteiger partial charge in [0.05, 0.1) is 12.3 Å². The smallest absolute Gasteiger partial charge is 0.224 e. The minimum absolute atomic E-state index is 0.194. The number of unbranched alkanes of at least 4 members (excludes halogenated alkanes) is 1. The van der Waals surface area contributed by atoms with Crippen molar-refractivity contribution in [2.45, 2.75) is 32.8 Å². The average molecular weight is 278 g/mol. The molecule has 0 fully saturated rings. The van der Waals surface area contributed by atoms with E-state index in [1.54, 1.807) is 0 Å². The topological polar surface area (TPSA) is 47.0 Å². The Kier molecular flexibility index (Phi) is 6.55. The molecule has 0 atom stereocenters. The van der Waals surface area contributed by atoms with E-state index in [1.807, 2.05) is 13.8 Å². The van der Waals surface area contributed by atoms with Crippen molar-refractivity contribution in [3.05, 3.63) is 16.5 Å². The van der Waals surface area contributed by atoms with Crippen molar-refractivity contribution in [3.63, 3.8) is 0 Å². The van der Waals surface area contributed by atoms with Crippen LogP contribution in [0.15, 0.2) is 6.20 Å². The molecule has 0 spiro atoms. The van der Waals surface area contributed by atoms with Gasteiger partial charge in [-0.25, -0.2) is 4.98 Å². The van der Waals surface area contributed by atoms with Gasteiger partial charge in [-0.05, 0) is 38.3 Å². The molecule has 6 heteroatoms. The molecule has 0 aromatic carbocycles. The minimum Gasteiger partial charge on any atom is -0.379 e. The number of anilines is 1. The van der Waals surface area contributed by atoms with Crippen LogP contribution in [0.25, 0.3) is 0 Å². The molecule has 0 aliphatic rings. The van der Waals surface area contributed by atoms with E-state index in [2.05, 4.69) is 15.3 Å². The summed E-state index contributed by atoms with van der Waals surface area (Å²) >= 11 is 11.6. The molecule has 0 saturated carbocycles. The van der Waals surface area contributed by atoms with Crippen molar-refractivity contribution in [3.8, 4) is 0 Å². The number of aromatic nitrogens is 2. The summed E-state index contributed by atoms with van der Waals surface area (Å²) in [6.45, 7) is 5.62. The number of hydrogen-bond donors (Lipinski definition) is 1. The first-order chi connectivity index (χ1) is 8.09. The van der Waals surface area contributed by atoms with Crippen LogP contribution in [-0.2, 0) is 4.74 Å². The molecule has 0 aliphatic carbocycles. The molecule has 0 unspecified atom stereocenters. The van der Waals surface area contributed by atoms with Gasteiger partial charge in [-0.1, -0.05) is 11.6 Å². The monoisotopic (exact) mass is 277 g/mol. The third-order valence-corrected chi connectivity index (χ3v) is 2.49. The number of nitrogens with zero attached hydrogens (tertiary/aromatic N) is 2. The first-order valence-electron chi connectivity index (χ1n) is 5.63. The first kappa shape index (κ1) is 14.5. The average Bonchev–Trinajstić information content (AvgIpc) is 2.27. The predicted octanol–water partition coefficient (Wildman–Crippen LogP) is 3.40. The summed E-state index contributed by atoms with van der Waals surface area (Å²) in [7, 11) is 0. The van der Waals surface area contributed by atoms with Crippen molar-refractivity contribution in [2.24, 2.45) is 0 Å². The Morgan fingerprint density at radius 1 is 1.35 bits per heavy atom. The van der Waals surface area contributed by atoms with E-state index in [4.69, 9.17) is 27.9 Å². The third kappa shape index (κ3) is 6.05. The zero-order valence-corrected chi connectivity index (χ0v) is 11.6. The van der Waals surface area contributed by atoms with Crippen LogP contribution < -0.4 is 5.32 Å². The van der Waals surface area contributed by atoms with Gasteiger partial charge in [0.25, 0.3) is 0 Å². The lowest BCUT2D eigenvalue weighted by Crippen LogP contribution is -2.08. The molecular formula is C11H17Cl2N3O. The second kappa shape index (κ2) is 7.69. The molecule has 1 aromatic heterocycles. The van der Waals surface area contributed by atoms with Crippen LogP contribution in [0.4, 0.5) is 5.82 Å². The maximum atomic E-state index is 5.91. The molecule has 0 radical (unpaired) electrons. The Labute approximate surface area is 112 Å². The van der Waals surface area contributed by atoms with Gasteiger partial charge in [0.15, 0.2) is 0 Å². The summed E-state index contributed by atoms with van der Waals surface area (Å²) in [4.78, 5) is 7.78. The van der Waals surface area contributed by atoms with E-state index in [0.717, 1.165) is 26.0 Å². The fourth-order valence-electron chi connectivity index (χ4n) is 1.22. The minimum atomic E-state index is 0.194. The summed E-state index contributed by atoms with van der Waals surface area (Å²) in [6.07, 6.45) is 3.77. The Hall–Kier alpha value is -0.580. The van der Waals surface area contributed by atoms with Gasteiger partial charge in [-0.15, -0.1) is 0 Å². The fraction of sp³-hybridized carbons (Fsp3) is 0.636. The van der Waals surface area contributed by atoms with Crippen LogP contribution >= 0.6 is 23.2 Å². The van der Waals surface area contributed by atoms with Crippen molar-refractivity contribution < 1.29 is 4.74 Å². The zero-order valence-electron chi connectivity index (χ0n) is 10.0. The molecule has 1 rings (SSSR count). The Morgan fingerprint density at radius 3 is 2.82 bits per heavy atom. The van der Waals surface area contributed by atoms with Crippen molar-refractivity contribution in [2.75, 3.05) is 18.5 Å². The van der Waals surface area contributed by atoms with E-state index in [-0.39, 0.29) is 11.4 Å². The molecule has 1 aromatic rings. The van der Waals surface area contributed by atoms with E-state index in [1.165, 1.54) is 6.20 Å². The fourth-order valence-corrected chi connectivity index (χ4v) is 1.51. The third-order valence-electron chi connectivity index (χ3n) is 2.03. The highest BCUT2D eigenvalue weighted by Gasteiger charge is 2.03. The highest BCUT2D eigenvalue weighted by molar-refractivity contribution is 6.33. The van der Waals surface area contributed by atoms with Crippen molar-refractivity contribution in [1.82, 2.24) is 9.97 Å². The lowest BCUT2D eigenvalue weighted by molar-refractivity contribution is 0.0765. The molecule has 1 heterocycles. The predicted molar refractivity (Wildman–Crippen MR) is 70.9 cm³/mol. The molecule has 0 bridgehead atoms. The lowest BCUT2D eigenvalue weighted by Gasteiger charge is -2.08. The summed E-state index contributed by atoms with van der Waals surface area (Å²) < 4.78 is 5.44. The summed E-state index contributed by atoms with van der Waals surface area (Å²) in [5.41, 5.74) is 0. The van der Waals surface area contributed by atoms with Crippen LogP contribution in [0, 0.1) is 0 Å². The number of rotatable bonds is 7. The van der Waals surface area contributed by atoms with Crippen LogP contribution in [0.2, 0.25) is 10.3 Å². The van der Waals surface area contributed by atoms with Gasteiger partial charge in [0.1, 0.15) is 10.8 Å². The second-order valence-electron chi connectivity index (χ2n) is 3.89. The van der Waals surface area contributed by atoms with Gasteiger partial charge in [0, 0.05) is 13.2 Å². The van der Waals surface area contributed by atoms with E-state index >= 15 is 0 Å². The number of ether oxygens (including phenoxy) is 1. The molecule has 1 N–H and O–H groups in total. The zero-order chi connectivity index (χ0) is 12.7. The largest absolute Gasteiger partial charge is 0.379 e. The molecule has 0 saturated heterocycles. The number of nitrogens with one attached hydrogen (secondary N) is 1. The maximum absolute atomic E-state index is 5.91. The standard InChI is InChI=1S/C11H17Cl2N3O/c1-8(2)17-6-4-3-5-14-10-9(12)7-15-11(13)16-10/h7-8H,3-6H2,1-2H3,(H,14,15,16). The van der Waals surface area contributed by atoms with Crippen LogP contribution in [0.1, 0.15) is 26.7 Å². The quantitative estimate of drug-likeness (QED) is 0.613. The molecule has 0 amide bonds. The second-order valence-corrected chi connectivity index (χ2v) is 4.63. The van der Waals surface area contributed by atoms with Gasteiger partial charge >= 0.3 is 0 Å². The summed E-state index contributed by atoms with van der Waals surface area (Å²) in [6, 6.07) is 0. The summed E-state index contributed by atoms with van der Waals surface area (Å²) in [5, 5.41) is 3.79. The summed E-state index contributed by atoms with van der Waals surface area (Å²) in [5.74, 6) is 0.580. The Balaban J connectivity index is 2.20. The Bertz CT molecular complexity index is 347. The number of halogens is 2. The van der Waals surface area contributed by atoms with Crippen LogP contribution in [-0.4, -0.2) is 29.2 Å². The highest BCUT2D eigenvalue weighted by atomic mass is 35.5. The first-order valence-corrected chi connectivity index (χ1v) is 6.38. The number of hydrogen-bond acceptors (Lipinski definition) is 4. The van der Waals surface area contributed by atoms with Crippen LogP contribution in [0.3, 0.4) is 0 Å². The van der Waals surface area contributed by atoms with Gasteiger partial charge in [0.2, 0.25) is 5.28 Å². The SMILES string of the molecule is CC(C)OCCCCNc1nc(Cl)ncc1Cl. The van der Waals surface area contributed by atoms with Gasteiger partial charge in [-0.3, -0.25) is 0 Å². The maximum Gasteiger partial charge on any atom is 0.224 e. The van der Waals surface area contributed by atoms with Gasteiger partial charge in [-0.2, -0.15) is 4.98 Å². The van der Waals surface area contributed by atoms with E-state index < -0.39 is 0 Å². The molecule has 17 heavy (non-hydrogen) atoms. The molecular weight excluding hydrogens is 261 g/mol. The van der Waals surface area contributed by atoms with Crippen molar-refractivity contribution in [1.29, 1.82) is 0 Å². The molecule has 0 aliphatic heterocycles. The van der Waals surface area contributed by atoms with E-state index in [9.17, 15) is 0 Å². The highest BCUT2D eigenvalue weighted by Crippen LogP contribution is 2.19. The van der Waals surface area contributed by atoms with Gasteiger partial charge < -0.3 is 10.1 Å². The Morgan fingerprint density at radius 2 is 2.12 bits per heavy atom. The normalized spacial score (nSPS) is 10.9.